The molecule has 0 heterocycles. The van der Waals surface area contributed by atoms with Crippen molar-refractivity contribution in [3.05, 3.63) is 59.7 Å². The number of alkyl carbamates (subject to hydrolysis) is 2. The van der Waals surface area contributed by atoms with E-state index in [1.807, 2.05) is 0 Å². The van der Waals surface area contributed by atoms with Crippen LogP contribution in [-0.2, 0) is 52.7 Å². The number of carbonyl (C=O) groups excluding carboxylic acids is 4. The Labute approximate surface area is 323 Å². The van der Waals surface area contributed by atoms with Gasteiger partial charge in [-0.15, -0.1) is 0 Å². The molecule has 18 nitrogen and oxygen atoms in total. The van der Waals surface area contributed by atoms with Crippen LogP contribution >= 0.6 is 0 Å². The summed E-state index contributed by atoms with van der Waals surface area (Å²) >= 11 is 0. The number of amides is 2. The molecular formula is C28H36BaN2O16S2. The van der Waals surface area contributed by atoms with Gasteiger partial charge in [0.05, 0.1) is 24.0 Å². The molecule has 0 radical (unpaired) electrons. The normalized spacial score (nSPS) is 12.7. The second-order valence-electron chi connectivity index (χ2n) is 11.8. The summed E-state index contributed by atoms with van der Waals surface area (Å²) in [6.45, 7) is 9.80. The number of carboxylic acids is 2. The van der Waals surface area contributed by atoms with Crippen LogP contribution in [0.25, 0.3) is 0 Å². The van der Waals surface area contributed by atoms with Gasteiger partial charge in [-0.25, -0.2) is 9.59 Å². The second kappa shape index (κ2) is 19.3. The van der Waals surface area contributed by atoms with Crippen molar-refractivity contribution in [1.29, 1.82) is 0 Å². The molecule has 0 aliphatic heterocycles. The van der Waals surface area contributed by atoms with Crippen LogP contribution in [0.1, 0.15) is 52.7 Å². The number of hydrogen-bond acceptors (Lipinski definition) is 14. The van der Waals surface area contributed by atoms with Crippen LogP contribution in [0.15, 0.2) is 48.5 Å². The Bertz CT molecular complexity index is 1510. The molecule has 0 aliphatic carbocycles. The standard InChI is InChI=1S/2C14H19NO8S.Ba/c2*1-14(2,3)22-13(18)15-11(12(16)17)8-9-4-6-10(7-5-9)23-24(19,20)21;/h2*4-7,11H,8H2,1-3H3,(H,15,18)(H,16,17)(H,19,20,21);/q;;+2/p-2/t2*11-;/m00./s1. The van der Waals surface area contributed by atoms with Crippen LogP contribution in [0, 0.1) is 0 Å². The fourth-order valence-corrected chi connectivity index (χ4v) is 4.07. The van der Waals surface area contributed by atoms with E-state index >= 15 is 0 Å². The third kappa shape index (κ3) is 22.3. The topological polar surface area (TPSA) is 284 Å². The van der Waals surface area contributed by atoms with Gasteiger partial charge in [-0.05, 0) is 89.8 Å². The molecule has 2 atom stereocenters. The first kappa shape index (κ1) is 45.9. The predicted octanol–water partition coefficient (Wildman–Crippen LogP) is -0.273. The summed E-state index contributed by atoms with van der Waals surface area (Å²) in [5, 5.41) is 26.7. The van der Waals surface area contributed by atoms with Crippen LogP contribution in [0.5, 0.6) is 11.5 Å². The van der Waals surface area contributed by atoms with Crippen molar-refractivity contribution < 1.29 is 73.2 Å². The molecule has 21 heteroatoms. The zero-order valence-corrected chi connectivity index (χ0v) is 33.4. The van der Waals surface area contributed by atoms with Gasteiger partial charge in [-0.2, -0.15) is 16.8 Å². The Morgan fingerprint density at radius 3 is 1.10 bits per heavy atom. The molecule has 0 aliphatic rings. The number of carboxylic acid groups (broad SMARTS) is 2. The van der Waals surface area contributed by atoms with E-state index in [0.717, 1.165) is 0 Å². The van der Waals surface area contributed by atoms with Crippen LogP contribution in [0.3, 0.4) is 0 Å². The molecule has 268 valence electrons. The summed E-state index contributed by atoms with van der Waals surface area (Å²) in [5.74, 6) is -3.30. The first-order valence-corrected chi connectivity index (χ1v) is 16.4. The van der Waals surface area contributed by atoms with E-state index in [4.69, 9.17) is 18.6 Å². The van der Waals surface area contributed by atoms with E-state index in [1.165, 1.54) is 48.5 Å². The molecular weight excluding hydrogens is 822 g/mol. The molecule has 0 bridgehead atoms. The van der Waals surface area contributed by atoms with Gasteiger partial charge in [0, 0.05) is 0 Å². The van der Waals surface area contributed by atoms with E-state index < -0.39 is 68.2 Å². The molecule has 2 aromatic rings. The van der Waals surface area contributed by atoms with Gasteiger partial charge in [-0.3, -0.25) is 9.11 Å². The van der Waals surface area contributed by atoms with Crippen molar-refractivity contribution in [3.8, 4) is 11.5 Å². The minimum Gasteiger partial charge on any atom is -0.548 e. The smallest absolute Gasteiger partial charge is 0.548 e. The van der Waals surface area contributed by atoms with Gasteiger partial charge < -0.3 is 48.3 Å². The van der Waals surface area contributed by atoms with E-state index in [1.54, 1.807) is 41.5 Å². The zero-order chi connectivity index (χ0) is 37.1. The fourth-order valence-electron chi connectivity index (χ4n) is 3.36. The van der Waals surface area contributed by atoms with Crippen molar-refractivity contribution in [1.82, 2.24) is 10.6 Å². The third-order valence-electron chi connectivity index (χ3n) is 5.08. The Morgan fingerprint density at radius 1 is 0.633 bits per heavy atom. The molecule has 0 spiro atoms. The van der Waals surface area contributed by atoms with E-state index in [-0.39, 0.29) is 73.2 Å². The van der Waals surface area contributed by atoms with Crippen molar-refractivity contribution in [3.63, 3.8) is 0 Å². The Hall–Kier alpha value is -3.09. The summed E-state index contributed by atoms with van der Waals surface area (Å²) in [4.78, 5) is 45.6. The van der Waals surface area contributed by atoms with Crippen molar-refractivity contribution in [2.45, 2.75) is 77.7 Å². The Balaban J connectivity index is 0.000000922. The number of rotatable bonds is 12. The Morgan fingerprint density at radius 2 is 0.898 bits per heavy atom. The molecule has 2 rings (SSSR count). The van der Waals surface area contributed by atoms with Gasteiger partial charge in [0.1, 0.15) is 22.7 Å². The van der Waals surface area contributed by atoms with Crippen LogP contribution in [0.4, 0.5) is 9.59 Å². The second-order valence-corrected chi connectivity index (χ2v) is 13.8. The molecule has 0 saturated heterocycles. The molecule has 0 unspecified atom stereocenters. The number of ether oxygens (including phenoxy) is 2. The van der Waals surface area contributed by atoms with E-state index in [9.17, 15) is 46.2 Å². The summed E-state index contributed by atoms with van der Waals surface area (Å²) in [5.41, 5.74) is -0.643. The summed E-state index contributed by atoms with van der Waals surface area (Å²) in [6, 6.07) is 7.75. The molecule has 0 saturated carbocycles. The summed E-state index contributed by atoms with van der Waals surface area (Å²) in [7, 11) is -9.27. The van der Waals surface area contributed by atoms with Crippen LogP contribution in [-0.4, -0.2) is 122 Å². The van der Waals surface area contributed by atoms with Crippen LogP contribution < -0.4 is 29.2 Å². The third-order valence-corrected chi connectivity index (χ3v) is 5.89. The number of benzene rings is 2. The maximum Gasteiger partial charge on any atom is 2.00 e. The quantitative estimate of drug-likeness (QED) is 0.158. The first-order valence-electron chi connectivity index (χ1n) is 13.6. The molecule has 0 fully saturated rings. The van der Waals surface area contributed by atoms with Gasteiger partial charge in [0.2, 0.25) is 0 Å². The fraction of sp³-hybridized carbons (Fsp3) is 0.429. The molecule has 49 heavy (non-hydrogen) atoms. The maximum atomic E-state index is 11.6. The first-order chi connectivity index (χ1) is 21.7. The molecule has 0 aromatic heterocycles. The number of aliphatic carboxylic acids is 2. The Kier molecular flexibility index (Phi) is 18.1. The predicted molar refractivity (Wildman–Crippen MR) is 167 cm³/mol. The van der Waals surface area contributed by atoms with Crippen LogP contribution in [0.2, 0.25) is 0 Å². The number of nitrogens with one attached hydrogen (secondary N) is 2. The minimum atomic E-state index is -4.64. The van der Waals surface area contributed by atoms with Gasteiger partial charge >= 0.3 is 81.9 Å². The van der Waals surface area contributed by atoms with E-state index in [0.29, 0.717) is 11.1 Å². The average Bonchev–Trinajstić information content (AvgIpc) is 2.86. The summed E-state index contributed by atoms with van der Waals surface area (Å²) < 4.78 is 77.8. The van der Waals surface area contributed by atoms with Gasteiger partial charge in [-0.1, -0.05) is 24.3 Å². The zero-order valence-electron chi connectivity index (χ0n) is 27.3. The monoisotopic (exact) mass is 858 g/mol. The van der Waals surface area contributed by atoms with Gasteiger partial charge in [0.25, 0.3) is 0 Å². The van der Waals surface area contributed by atoms with Gasteiger partial charge in [0.15, 0.2) is 0 Å². The maximum absolute atomic E-state index is 11.6. The number of hydrogen-bond donors (Lipinski definition) is 4. The van der Waals surface area contributed by atoms with Crippen molar-refractivity contribution in [2.24, 2.45) is 0 Å². The molecule has 2 amide bonds. The van der Waals surface area contributed by atoms with Crippen molar-refractivity contribution in [2.75, 3.05) is 0 Å². The van der Waals surface area contributed by atoms with E-state index in [2.05, 4.69) is 19.0 Å². The summed E-state index contributed by atoms with van der Waals surface area (Å²) in [6.07, 6.45) is -2.03. The molecule has 2 aromatic carbocycles. The minimum absolute atomic E-state index is 0. The average molecular weight is 858 g/mol. The van der Waals surface area contributed by atoms with Crippen molar-refractivity contribution >= 4 is 93.8 Å². The molecule has 4 N–H and O–H groups in total. The largest absolute Gasteiger partial charge is 2.00 e. The number of carbonyl (C=O) groups is 4. The SMILES string of the molecule is CC(C)(C)OC(=O)N[C@@H](Cc1ccc(OS(=O)(=O)O)cc1)C(=O)[O-].CC(C)(C)OC(=O)N[C@@H](Cc1ccc(OS(=O)(=O)O)cc1)C(=O)[O-].[Ba+2].